The van der Waals surface area contributed by atoms with Crippen LogP contribution in [0.3, 0.4) is 0 Å². The molecular formula is C13H16BrN5. The van der Waals surface area contributed by atoms with Crippen molar-refractivity contribution in [1.29, 1.82) is 0 Å². The molecule has 0 fully saturated rings. The van der Waals surface area contributed by atoms with E-state index in [4.69, 9.17) is 5.84 Å². The average molecular weight is 322 g/mol. The number of nitrogens with one attached hydrogen (secondary N) is 1. The maximum atomic E-state index is 5.34. The summed E-state index contributed by atoms with van der Waals surface area (Å²) >= 11 is 3.45. The minimum absolute atomic E-state index is 0.384. The SMILES string of the molecule is CCc1ccc(N(C)c2nc(NN)ncc2Br)cc1. The summed E-state index contributed by atoms with van der Waals surface area (Å²) in [6.07, 6.45) is 2.71. The highest BCUT2D eigenvalue weighted by Gasteiger charge is 2.11. The molecule has 2 rings (SSSR count). The minimum Gasteiger partial charge on any atom is -0.328 e. The second-order valence-electron chi connectivity index (χ2n) is 4.09. The van der Waals surface area contributed by atoms with E-state index in [9.17, 15) is 0 Å². The van der Waals surface area contributed by atoms with Crippen LogP contribution in [0.5, 0.6) is 0 Å². The van der Waals surface area contributed by atoms with Crippen LogP contribution < -0.4 is 16.2 Å². The van der Waals surface area contributed by atoms with Crippen molar-refractivity contribution in [1.82, 2.24) is 9.97 Å². The number of hydrazine groups is 1. The number of rotatable bonds is 4. The lowest BCUT2D eigenvalue weighted by Gasteiger charge is -2.20. The van der Waals surface area contributed by atoms with E-state index in [0.717, 1.165) is 22.4 Å². The van der Waals surface area contributed by atoms with Gasteiger partial charge in [-0.05, 0) is 40.0 Å². The number of nitrogens with zero attached hydrogens (tertiary/aromatic N) is 3. The molecule has 0 spiro atoms. The molecule has 1 aromatic carbocycles. The number of anilines is 3. The van der Waals surface area contributed by atoms with Crippen LogP contribution in [0.2, 0.25) is 0 Å². The number of nitrogens with two attached hydrogens (primary N) is 1. The van der Waals surface area contributed by atoms with Crippen molar-refractivity contribution in [2.45, 2.75) is 13.3 Å². The minimum atomic E-state index is 0.384. The van der Waals surface area contributed by atoms with Gasteiger partial charge in [-0.25, -0.2) is 10.8 Å². The summed E-state index contributed by atoms with van der Waals surface area (Å²) in [6, 6.07) is 8.37. The first-order valence-corrected chi connectivity index (χ1v) is 6.76. The number of hydrogen-bond donors (Lipinski definition) is 2. The van der Waals surface area contributed by atoms with Gasteiger partial charge in [-0.15, -0.1) is 0 Å². The molecule has 3 N–H and O–H groups in total. The lowest BCUT2D eigenvalue weighted by Crippen LogP contribution is -2.16. The number of nitrogen functional groups attached to an aromatic ring is 1. The molecule has 6 heteroatoms. The Hall–Kier alpha value is -1.66. The molecule has 0 aliphatic rings. The first kappa shape index (κ1) is 13.8. The Bertz CT molecular complexity index is 555. The van der Waals surface area contributed by atoms with E-state index in [0.29, 0.717) is 5.95 Å². The van der Waals surface area contributed by atoms with Gasteiger partial charge in [0.05, 0.1) is 4.47 Å². The number of hydrogen-bond acceptors (Lipinski definition) is 5. The normalized spacial score (nSPS) is 10.3. The molecule has 0 radical (unpaired) electrons. The summed E-state index contributed by atoms with van der Waals surface area (Å²) in [5, 5.41) is 0. The molecule has 0 atom stereocenters. The van der Waals surface area contributed by atoms with Gasteiger partial charge < -0.3 is 4.90 Å². The van der Waals surface area contributed by atoms with Gasteiger partial charge in [-0.2, -0.15) is 4.98 Å². The Balaban J connectivity index is 2.34. The molecule has 1 aromatic heterocycles. The molecule has 0 unspecified atom stereocenters. The van der Waals surface area contributed by atoms with Crippen LogP contribution in [-0.4, -0.2) is 17.0 Å². The standard InChI is InChI=1S/C13H16BrN5/c1-3-9-4-6-10(7-5-9)19(2)12-11(14)8-16-13(17-12)18-15/h4-8H,3,15H2,1-2H3,(H,16,17,18). The van der Waals surface area contributed by atoms with Crippen molar-refractivity contribution < 1.29 is 0 Å². The summed E-state index contributed by atoms with van der Waals surface area (Å²) in [5.74, 6) is 6.48. The van der Waals surface area contributed by atoms with Crippen LogP contribution in [-0.2, 0) is 6.42 Å². The second kappa shape index (κ2) is 5.99. The Kier molecular flexibility index (Phi) is 4.34. The van der Waals surface area contributed by atoms with Crippen LogP contribution >= 0.6 is 15.9 Å². The Morgan fingerprint density at radius 1 is 1.32 bits per heavy atom. The molecule has 0 amide bonds. The molecule has 2 aromatic rings. The van der Waals surface area contributed by atoms with E-state index >= 15 is 0 Å². The summed E-state index contributed by atoms with van der Waals surface area (Å²) < 4.78 is 0.813. The van der Waals surface area contributed by atoms with Crippen molar-refractivity contribution in [2.75, 3.05) is 17.4 Å². The number of aromatic nitrogens is 2. The van der Waals surface area contributed by atoms with Gasteiger partial charge in [0, 0.05) is 18.9 Å². The molecule has 0 saturated carbocycles. The molecule has 19 heavy (non-hydrogen) atoms. The van der Waals surface area contributed by atoms with E-state index in [1.807, 2.05) is 11.9 Å². The predicted octanol–water partition coefficient (Wildman–Crippen LogP) is 2.86. The van der Waals surface area contributed by atoms with E-state index in [2.05, 4.69) is 62.5 Å². The van der Waals surface area contributed by atoms with E-state index < -0.39 is 0 Å². The zero-order valence-electron chi connectivity index (χ0n) is 10.9. The fourth-order valence-corrected chi connectivity index (χ4v) is 2.20. The Morgan fingerprint density at radius 2 is 2.00 bits per heavy atom. The third-order valence-electron chi connectivity index (χ3n) is 2.90. The van der Waals surface area contributed by atoms with Gasteiger partial charge >= 0.3 is 0 Å². The molecule has 0 aliphatic heterocycles. The molecule has 0 saturated heterocycles. The first-order valence-electron chi connectivity index (χ1n) is 5.97. The molecule has 100 valence electrons. The van der Waals surface area contributed by atoms with Gasteiger partial charge in [0.25, 0.3) is 0 Å². The zero-order valence-corrected chi connectivity index (χ0v) is 12.5. The summed E-state index contributed by atoms with van der Waals surface area (Å²) in [4.78, 5) is 10.4. The van der Waals surface area contributed by atoms with E-state index in [1.165, 1.54) is 5.56 Å². The fourth-order valence-electron chi connectivity index (χ4n) is 1.74. The maximum Gasteiger partial charge on any atom is 0.239 e. The Labute approximate surface area is 121 Å². The van der Waals surface area contributed by atoms with Gasteiger partial charge in [-0.1, -0.05) is 19.1 Å². The van der Waals surface area contributed by atoms with Crippen molar-refractivity contribution in [3.63, 3.8) is 0 Å². The molecule has 0 bridgehead atoms. The third kappa shape index (κ3) is 3.02. The fraction of sp³-hybridized carbons (Fsp3) is 0.231. The lowest BCUT2D eigenvalue weighted by molar-refractivity contribution is 1.05. The monoisotopic (exact) mass is 321 g/mol. The summed E-state index contributed by atoms with van der Waals surface area (Å²) in [6.45, 7) is 2.14. The molecule has 0 aliphatic carbocycles. The number of halogens is 1. The van der Waals surface area contributed by atoms with Crippen molar-refractivity contribution >= 4 is 33.4 Å². The van der Waals surface area contributed by atoms with Crippen LogP contribution in [0, 0.1) is 0 Å². The number of benzene rings is 1. The van der Waals surface area contributed by atoms with Crippen molar-refractivity contribution in [3.8, 4) is 0 Å². The summed E-state index contributed by atoms with van der Waals surface area (Å²) in [5.41, 5.74) is 4.81. The van der Waals surface area contributed by atoms with E-state index in [1.54, 1.807) is 6.20 Å². The predicted molar refractivity (Wildman–Crippen MR) is 81.4 cm³/mol. The Morgan fingerprint density at radius 3 is 2.58 bits per heavy atom. The highest BCUT2D eigenvalue weighted by atomic mass is 79.9. The number of aryl methyl sites for hydroxylation is 1. The average Bonchev–Trinajstić information content (AvgIpc) is 2.47. The van der Waals surface area contributed by atoms with Gasteiger partial charge in [-0.3, -0.25) is 5.43 Å². The van der Waals surface area contributed by atoms with Gasteiger partial charge in [0.1, 0.15) is 0 Å². The maximum absolute atomic E-state index is 5.34. The van der Waals surface area contributed by atoms with Crippen LogP contribution in [0.15, 0.2) is 34.9 Å². The molecular weight excluding hydrogens is 306 g/mol. The topological polar surface area (TPSA) is 67.1 Å². The smallest absolute Gasteiger partial charge is 0.239 e. The van der Waals surface area contributed by atoms with Crippen LogP contribution in [0.25, 0.3) is 0 Å². The first-order chi connectivity index (χ1) is 9.15. The quantitative estimate of drug-likeness (QED) is 0.669. The van der Waals surface area contributed by atoms with Gasteiger partial charge in [0.15, 0.2) is 5.82 Å². The summed E-state index contributed by atoms with van der Waals surface area (Å²) in [7, 11) is 1.95. The van der Waals surface area contributed by atoms with Crippen molar-refractivity contribution in [3.05, 3.63) is 40.5 Å². The van der Waals surface area contributed by atoms with E-state index in [-0.39, 0.29) is 0 Å². The zero-order chi connectivity index (χ0) is 13.8. The third-order valence-corrected chi connectivity index (χ3v) is 3.46. The highest BCUT2D eigenvalue weighted by Crippen LogP contribution is 2.29. The van der Waals surface area contributed by atoms with Crippen molar-refractivity contribution in [2.24, 2.45) is 5.84 Å². The molecule has 1 heterocycles. The largest absolute Gasteiger partial charge is 0.328 e. The lowest BCUT2D eigenvalue weighted by atomic mass is 10.1. The molecule has 5 nitrogen and oxygen atoms in total. The highest BCUT2D eigenvalue weighted by molar-refractivity contribution is 9.10. The van der Waals surface area contributed by atoms with Gasteiger partial charge in [0.2, 0.25) is 5.95 Å². The van der Waals surface area contributed by atoms with Crippen LogP contribution in [0.1, 0.15) is 12.5 Å². The second-order valence-corrected chi connectivity index (χ2v) is 4.94. The van der Waals surface area contributed by atoms with Crippen LogP contribution in [0.4, 0.5) is 17.5 Å².